The first-order chi connectivity index (χ1) is 16.3. The quantitative estimate of drug-likeness (QED) is 0.309. The summed E-state index contributed by atoms with van der Waals surface area (Å²) in [6.45, 7) is 6.64. The highest BCUT2D eigenvalue weighted by Crippen LogP contribution is 2.20. The molecule has 2 aromatic rings. The molecule has 1 aliphatic rings. The average Bonchev–Trinajstić information content (AvgIpc) is 3.12. The Kier molecular flexibility index (Phi) is 8.36. The van der Waals surface area contributed by atoms with Gasteiger partial charge in [-0.3, -0.25) is 14.4 Å². The lowest BCUT2D eigenvalue weighted by molar-refractivity contribution is -0.171. The van der Waals surface area contributed by atoms with Crippen LogP contribution in [0.4, 0.5) is 4.79 Å². The number of fused-ring (bicyclic) bond motifs is 1. The number of hydroxylamine groups is 2. The molecule has 1 aromatic heterocycles. The fourth-order valence-corrected chi connectivity index (χ4v) is 3.51. The molecule has 0 unspecified atom stereocenters. The van der Waals surface area contributed by atoms with Crippen molar-refractivity contribution in [1.82, 2.24) is 15.3 Å². The first-order valence-corrected chi connectivity index (χ1v) is 11.1. The number of rotatable bonds is 10. The summed E-state index contributed by atoms with van der Waals surface area (Å²) >= 11 is 0. The second-order valence-electron chi connectivity index (χ2n) is 7.66. The van der Waals surface area contributed by atoms with Crippen LogP contribution < -0.4 is 10.9 Å². The maximum atomic E-state index is 12.3. The van der Waals surface area contributed by atoms with Gasteiger partial charge in [-0.2, -0.15) is 0 Å². The number of amides is 3. The zero-order valence-electron chi connectivity index (χ0n) is 19.1. The Hall–Kier alpha value is -3.73. The van der Waals surface area contributed by atoms with Gasteiger partial charge in [0.15, 0.2) is 0 Å². The van der Waals surface area contributed by atoms with Crippen LogP contribution in [0, 0.1) is 0 Å². The molecule has 11 heteroatoms. The maximum absolute atomic E-state index is 12.3. The number of hydrogen-bond acceptors (Lipinski definition) is 9. The highest BCUT2D eigenvalue weighted by atomic mass is 16.7. The van der Waals surface area contributed by atoms with Gasteiger partial charge in [0.1, 0.15) is 12.2 Å². The molecule has 3 amide bonds. The molecule has 0 radical (unpaired) electrons. The summed E-state index contributed by atoms with van der Waals surface area (Å²) in [6.07, 6.45) is -1.07. The molecular formula is C23H27N3O8. The lowest BCUT2D eigenvalue weighted by Crippen LogP contribution is -2.36. The number of ether oxygens (including phenoxy) is 1. The van der Waals surface area contributed by atoms with E-state index < -0.39 is 29.5 Å². The molecule has 182 valence electrons. The molecule has 34 heavy (non-hydrogen) atoms. The van der Waals surface area contributed by atoms with Gasteiger partial charge in [0, 0.05) is 37.4 Å². The molecule has 1 saturated heterocycles. The zero-order chi connectivity index (χ0) is 24.7. The molecular weight excluding hydrogens is 446 g/mol. The van der Waals surface area contributed by atoms with Gasteiger partial charge in [0.25, 0.3) is 11.8 Å². The first-order valence-electron chi connectivity index (χ1n) is 11.1. The minimum atomic E-state index is -0.958. The Bertz CT molecular complexity index is 1120. The Labute approximate surface area is 195 Å². The van der Waals surface area contributed by atoms with E-state index in [-0.39, 0.29) is 38.0 Å². The number of imide groups is 1. The fraction of sp³-hybridized carbons (Fsp3) is 0.435. The lowest BCUT2D eigenvalue weighted by Gasteiger charge is -2.17. The number of likely N-dealkylation sites (N-methyl/N-ethyl adjacent to an activating group) is 1. The Morgan fingerprint density at radius 3 is 2.47 bits per heavy atom. The van der Waals surface area contributed by atoms with Crippen LogP contribution in [0.5, 0.6) is 0 Å². The van der Waals surface area contributed by atoms with Crippen molar-refractivity contribution >= 4 is 34.8 Å². The second kappa shape index (κ2) is 11.4. The smallest absolute Gasteiger partial charge is 0.432 e. The summed E-state index contributed by atoms with van der Waals surface area (Å²) in [5.41, 5.74) is 0.760. The third-order valence-corrected chi connectivity index (χ3v) is 5.41. The number of hydrogen-bond donors (Lipinski definition) is 1. The van der Waals surface area contributed by atoms with E-state index in [4.69, 9.17) is 14.0 Å². The van der Waals surface area contributed by atoms with Gasteiger partial charge in [0.2, 0.25) is 0 Å². The molecule has 1 fully saturated rings. The second-order valence-corrected chi connectivity index (χ2v) is 7.66. The van der Waals surface area contributed by atoms with Crippen molar-refractivity contribution in [2.75, 3.05) is 26.2 Å². The van der Waals surface area contributed by atoms with Crippen LogP contribution in [0.2, 0.25) is 0 Å². The molecule has 11 nitrogen and oxygen atoms in total. The molecule has 1 N–H and O–H groups in total. The van der Waals surface area contributed by atoms with E-state index in [2.05, 4.69) is 10.2 Å². The van der Waals surface area contributed by atoms with Crippen molar-refractivity contribution in [2.24, 2.45) is 0 Å². The zero-order valence-corrected chi connectivity index (χ0v) is 19.1. The predicted molar refractivity (Wildman–Crippen MR) is 119 cm³/mol. The molecule has 0 bridgehead atoms. The lowest BCUT2D eigenvalue weighted by atomic mass is 10.0. The third-order valence-electron chi connectivity index (χ3n) is 5.41. The van der Waals surface area contributed by atoms with Gasteiger partial charge < -0.3 is 24.2 Å². The topological polar surface area (TPSA) is 135 Å². The summed E-state index contributed by atoms with van der Waals surface area (Å²) in [7, 11) is 0. The highest BCUT2D eigenvalue weighted by Gasteiger charge is 2.32. The summed E-state index contributed by atoms with van der Waals surface area (Å²) < 4.78 is 10.5. The van der Waals surface area contributed by atoms with Crippen LogP contribution in [-0.4, -0.2) is 60.1 Å². The Morgan fingerprint density at radius 2 is 1.79 bits per heavy atom. The summed E-state index contributed by atoms with van der Waals surface area (Å²) in [4.78, 5) is 66.2. The minimum absolute atomic E-state index is 0.00264. The number of carbonyl (C=O) groups excluding carboxylic acids is 4. The largest absolute Gasteiger partial charge is 0.464 e. The van der Waals surface area contributed by atoms with Crippen LogP contribution in [0.3, 0.4) is 0 Å². The number of nitrogens with one attached hydrogen (secondary N) is 1. The van der Waals surface area contributed by atoms with Crippen molar-refractivity contribution in [1.29, 1.82) is 0 Å². The third kappa shape index (κ3) is 6.41. The average molecular weight is 473 g/mol. The van der Waals surface area contributed by atoms with Crippen molar-refractivity contribution < 1.29 is 33.2 Å². The first kappa shape index (κ1) is 24.9. The molecule has 1 aromatic carbocycles. The standard InChI is InChI=1S/C23H27N3O8/c1-3-25(4-2)9-10-32-21(29)12-16-13-22(30)33-18-6-5-15(11-17(16)18)14-24-23(31)34-26-19(27)7-8-20(26)28/h5-6,11,13H,3-4,7-10,12,14H2,1-2H3,(H,24,31). The van der Waals surface area contributed by atoms with E-state index in [0.29, 0.717) is 28.1 Å². The molecule has 2 heterocycles. The summed E-state index contributed by atoms with van der Waals surface area (Å²) in [5.74, 6) is -1.62. The molecule has 0 spiro atoms. The van der Waals surface area contributed by atoms with Crippen LogP contribution in [0.25, 0.3) is 11.0 Å². The van der Waals surface area contributed by atoms with Crippen LogP contribution in [-0.2, 0) is 36.9 Å². The summed E-state index contributed by atoms with van der Waals surface area (Å²) in [6, 6.07) is 6.10. The Balaban J connectivity index is 1.65. The van der Waals surface area contributed by atoms with E-state index >= 15 is 0 Å². The van der Waals surface area contributed by atoms with Gasteiger partial charge >= 0.3 is 17.7 Å². The van der Waals surface area contributed by atoms with Crippen LogP contribution in [0.1, 0.15) is 37.8 Å². The van der Waals surface area contributed by atoms with Gasteiger partial charge in [-0.1, -0.05) is 19.9 Å². The molecule has 0 atom stereocenters. The highest BCUT2D eigenvalue weighted by molar-refractivity contribution is 6.01. The van der Waals surface area contributed by atoms with Crippen molar-refractivity contribution in [3.05, 3.63) is 45.8 Å². The summed E-state index contributed by atoms with van der Waals surface area (Å²) in [5, 5.41) is 3.44. The number of esters is 1. The van der Waals surface area contributed by atoms with E-state index in [1.807, 2.05) is 13.8 Å². The number of carbonyl (C=O) groups is 4. The fourth-order valence-electron chi connectivity index (χ4n) is 3.51. The van der Waals surface area contributed by atoms with Crippen molar-refractivity contribution in [3.63, 3.8) is 0 Å². The number of benzene rings is 1. The normalized spacial score (nSPS) is 13.6. The van der Waals surface area contributed by atoms with E-state index in [0.717, 1.165) is 13.1 Å². The van der Waals surface area contributed by atoms with Crippen molar-refractivity contribution in [3.8, 4) is 0 Å². The van der Waals surface area contributed by atoms with Gasteiger partial charge in [-0.05, 0) is 36.3 Å². The molecule has 1 aliphatic heterocycles. The molecule has 3 rings (SSSR count). The predicted octanol–water partition coefficient (Wildman–Crippen LogP) is 1.51. The number of nitrogens with zero attached hydrogens (tertiary/aromatic N) is 2. The van der Waals surface area contributed by atoms with Gasteiger partial charge in [-0.15, -0.1) is 5.06 Å². The maximum Gasteiger partial charge on any atom is 0.432 e. The van der Waals surface area contributed by atoms with E-state index in [1.165, 1.54) is 6.07 Å². The Morgan fingerprint density at radius 1 is 1.09 bits per heavy atom. The van der Waals surface area contributed by atoms with E-state index in [9.17, 15) is 24.0 Å². The van der Waals surface area contributed by atoms with Gasteiger partial charge in [-0.25, -0.2) is 9.59 Å². The SMILES string of the molecule is CCN(CC)CCOC(=O)Cc1cc(=O)oc2ccc(CNC(=O)ON3C(=O)CCC3=O)cc12. The van der Waals surface area contributed by atoms with Gasteiger partial charge in [0.05, 0.1) is 6.42 Å². The minimum Gasteiger partial charge on any atom is -0.464 e. The molecule has 0 saturated carbocycles. The van der Waals surface area contributed by atoms with Crippen molar-refractivity contribution in [2.45, 2.75) is 39.7 Å². The van der Waals surface area contributed by atoms with E-state index in [1.54, 1.807) is 18.2 Å². The monoisotopic (exact) mass is 473 g/mol. The molecule has 0 aliphatic carbocycles. The van der Waals surface area contributed by atoms with Crippen LogP contribution in [0.15, 0.2) is 33.5 Å². The van der Waals surface area contributed by atoms with Crippen LogP contribution >= 0.6 is 0 Å².